The molecule has 4 aliphatic rings. The van der Waals surface area contributed by atoms with Crippen LogP contribution in [0.5, 0.6) is 0 Å². The molecule has 170 valence electrons. The van der Waals surface area contributed by atoms with Crippen LogP contribution >= 0.6 is 0 Å². The van der Waals surface area contributed by atoms with Gasteiger partial charge < -0.3 is 10.5 Å². The molecule has 4 rings (SSSR count). The second-order valence-corrected chi connectivity index (χ2v) is 11.2. The van der Waals surface area contributed by atoms with E-state index >= 15 is 0 Å². The number of carbonyl (C=O) groups is 1. The average molecular weight is 419 g/mol. The van der Waals surface area contributed by atoms with E-state index in [0.29, 0.717) is 11.3 Å². The van der Waals surface area contributed by atoms with Crippen molar-refractivity contribution in [2.75, 3.05) is 20.3 Å². The molecule has 30 heavy (non-hydrogen) atoms. The van der Waals surface area contributed by atoms with E-state index in [9.17, 15) is 4.79 Å². The Bertz CT molecular complexity index is 670. The van der Waals surface area contributed by atoms with Gasteiger partial charge in [0.2, 0.25) is 0 Å². The Morgan fingerprint density at radius 3 is 2.70 bits per heavy atom. The van der Waals surface area contributed by atoms with Gasteiger partial charge >= 0.3 is 0 Å². The first-order valence-corrected chi connectivity index (χ1v) is 12.1. The second kappa shape index (κ2) is 8.42. The maximum atomic E-state index is 13.1. The molecular weight excluding hydrogens is 376 g/mol. The molecular formula is C24H42N4O2. The lowest BCUT2D eigenvalue weighted by atomic mass is 9.44. The summed E-state index contributed by atoms with van der Waals surface area (Å²) in [5, 5.41) is 5.03. The van der Waals surface area contributed by atoms with Crippen LogP contribution in [0.2, 0.25) is 0 Å². The first kappa shape index (κ1) is 22.1. The molecule has 8 atom stereocenters. The number of fused-ring (bicyclic) bond motifs is 5. The average Bonchev–Trinajstić information content (AvgIpc) is 3.06. The number of nitrogens with zero attached hydrogens (tertiary/aromatic N) is 2. The summed E-state index contributed by atoms with van der Waals surface area (Å²) in [5.74, 6) is 10.0. The summed E-state index contributed by atoms with van der Waals surface area (Å²) in [6.45, 7) is 5.91. The zero-order chi connectivity index (χ0) is 21.5. The number of hydrogen-bond donors (Lipinski definition) is 2. The second-order valence-electron chi connectivity index (χ2n) is 11.2. The Morgan fingerprint density at radius 2 is 1.97 bits per heavy atom. The van der Waals surface area contributed by atoms with Gasteiger partial charge in [0.1, 0.15) is 12.9 Å². The lowest BCUT2D eigenvalue weighted by molar-refractivity contribution is -0.154. The Hall–Kier alpha value is -1.14. The molecule has 0 radical (unpaired) electrons. The third-order valence-corrected chi connectivity index (χ3v) is 9.96. The van der Waals surface area contributed by atoms with Crippen LogP contribution in [0.1, 0.15) is 71.6 Å². The van der Waals surface area contributed by atoms with Crippen molar-refractivity contribution in [2.24, 2.45) is 63.0 Å². The Balaban J connectivity index is 1.55. The Labute approximate surface area is 182 Å². The number of rotatable bonds is 6. The van der Waals surface area contributed by atoms with Crippen molar-refractivity contribution in [1.29, 1.82) is 0 Å². The number of ketones is 1. The third-order valence-electron chi connectivity index (χ3n) is 9.96. The van der Waals surface area contributed by atoms with Gasteiger partial charge in [-0.3, -0.25) is 4.79 Å². The lowest BCUT2D eigenvalue weighted by Gasteiger charge is -2.62. The van der Waals surface area contributed by atoms with Gasteiger partial charge in [-0.15, -0.1) is 0 Å². The third kappa shape index (κ3) is 3.48. The van der Waals surface area contributed by atoms with E-state index in [-0.39, 0.29) is 23.7 Å². The molecule has 0 bridgehead atoms. The maximum absolute atomic E-state index is 13.1. The molecule has 0 heterocycles. The highest BCUT2D eigenvalue weighted by molar-refractivity contribution is 5.84. The fourth-order valence-corrected chi connectivity index (χ4v) is 8.74. The first-order chi connectivity index (χ1) is 14.4. The zero-order valence-corrected chi connectivity index (χ0v) is 19.2. The smallest absolute Gasteiger partial charge is 0.159 e. The van der Waals surface area contributed by atoms with Crippen LogP contribution in [0.15, 0.2) is 5.10 Å². The molecule has 4 fully saturated rings. The summed E-state index contributed by atoms with van der Waals surface area (Å²) < 4.78 is 5.89. The highest BCUT2D eigenvalue weighted by Crippen LogP contribution is 2.68. The minimum atomic E-state index is 0.102. The van der Waals surface area contributed by atoms with Crippen LogP contribution in [0.3, 0.4) is 0 Å². The van der Waals surface area contributed by atoms with Crippen LogP contribution < -0.4 is 11.6 Å². The number of hydrazine groups is 1. The number of hydrogen-bond acceptors (Lipinski definition) is 5. The molecule has 0 amide bonds. The van der Waals surface area contributed by atoms with E-state index in [2.05, 4.69) is 18.9 Å². The topological polar surface area (TPSA) is 93.9 Å². The summed E-state index contributed by atoms with van der Waals surface area (Å²) in [6.07, 6.45) is 12.5. The van der Waals surface area contributed by atoms with Gasteiger partial charge in [-0.25, -0.2) is 11.0 Å². The summed E-state index contributed by atoms with van der Waals surface area (Å²) in [7, 11) is 1.90. The minimum absolute atomic E-state index is 0.102. The van der Waals surface area contributed by atoms with Crippen molar-refractivity contribution in [2.45, 2.75) is 71.6 Å². The maximum Gasteiger partial charge on any atom is 0.159 e. The van der Waals surface area contributed by atoms with E-state index in [1.54, 1.807) is 0 Å². The highest BCUT2D eigenvalue weighted by atomic mass is 16.5. The van der Waals surface area contributed by atoms with Crippen molar-refractivity contribution in [3.8, 4) is 0 Å². The first-order valence-electron chi connectivity index (χ1n) is 12.1. The quantitative estimate of drug-likeness (QED) is 0.298. The fourth-order valence-electron chi connectivity index (χ4n) is 8.74. The Morgan fingerprint density at radius 1 is 1.17 bits per heavy atom. The van der Waals surface area contributed by atoms with E-state index < -0.39 is 0 Å². The number of methoxy groups -OCH3 is 1. The van der Waals surface area contributed by atoms with Crippen molar-refractivity contribution < 1.29 is 9.53 Å². The number of carbonyl (C=O) groups excluding carboxylic acids is 1. The molecule has 6 heteroatoms. The van der Waals surface area contributed by atoms with Crippen molar-refractivity contribution in [3.63, 3.8) is 0 Å². The Kier molecular flexibility index (Phi) is 6.19. The van der Waals surface area contributed by atoms with Crippen molar-refractivity contribution in [3.05, 3.63) is 0 Å². The molecule has 4 N–H and O–H groups in total. The van der Waals surface area contributed by atoms with E-state index in [4.69, 9.17) is 16.3 Å². The number of nitrogens with two attached hydrogens (primary N) is 2. The van der Waals surface area contributed by atoms with Crippen LogP contribution in [0.25, 0.3) is 0 Å². The molecule has 0 aliphatic heterocycles. The molecule has 0 aromatic rings. The summed E-state index contributed by atoms with van der Waals surface area (Å²) in [4.78, 5) is 13.1. The number of ether oxygens (including phenoxy) is 1. The SMILES string of the molecule is COCC12CCC(C)C[C@H]1CC[C@H]1C3CC[C@H](C(=O)CN(N)/N=C\N)C3(C)CCC12. The zero-order valence-electron chi connectivity index (χ0n) is 19.2. The van der Waals surface area contributed by atoms with E-state index in [1.807, 2.05) is 7.11 Å². The van der Waals surface area contributed by atoms with Crippen LogP contribution in [-0.4, -0.2) is 37.5 Å². The molecule has 4 aliphatic carbocycles. The lowest BCUT2D eigenvalue weighted by Crippen LogP contribution is -2.56. The monoisotopic (exact) mass is 418 g/mol. The summed E-state index contributed by atoms with van der Waals surface area (Å²) in [5.41, 5.74) is 5.81. The van der Waals surface area contributed by atoms with Gasteiger partial charge in [-0.1, -0.05) is 20.3 Å². The van der Waals surface area contributed by atoms with Gasteiger partial charge in [-0.2, -0.15) is 5.10 Å². The molecule has 0 aromatic carbocycles. The minimum Gasteiger partial charge on any atom is -0.388 e. The molecule has 6 nitrogen and oxygen atoms in total. The van der Waals surface area contributed by atoms with Crippen LogP contribution in [0.4, 0.5) is 0 Å². The van der Waals surface area contributed by atoms with Crippen LogP contribution in [0, 0.1) is 46.3 Å². The molecule has 5 unspecified atom stereocenters. The standard InChI is InChI=1S/C24H42N4O2/c1-16-8-11-24(14-30-3)17(12-16)4-5-18-19-6-7-21(22(29)13-28(26)27-15-25)23(19,2)10-9-20(18)24/h15-21H,4-14,26H2,1-3H3,(H2,25,27)/t16?,17-,18+,19?,20?,21-,23?,24?/m1/s1. The normalized spacial score (nSPS) is 45.6. The molecule has 0 spiro atoms. The van der Waals surface area contributed by atoms with Gasteiger partial charge in [0.05, 0.1) is 6.61 Å². The fraction of sp³-hybridized carbons (Fsp3) is 0.917. The predicted octanol–water partition coefficient (Wildman–Crippen LogP) is 3.55. The van der Waals surface area contributed by atoms with Gasteiger partial charge in [0.15, 0.2) is 5.78 Å². The van der Waals surface area contributed by atoms with Crippen molar-refractivity contribution in [1.82, 2.24) is 5.12 Å². The summed E-state index contributed by atoms with van der Waals surface area (Å²) >= 11 is 0. The number of hydrazone groups is 1. The molecule has 4 saturated carbocycles. The van der Waals surface area contributed by atoms with Gasteiger partial charge in [0.25, 0.3) is 0 Å². The van der Waals surface area contributed by atoms with Crippen LogP contribution in [-0.2, 0) is 9.53 Å². The van der Waals surface area contributed by atoms with E-state index in [0.717, 1.165) is 49.5 Å². The van der Waals surface area contributed by atoms with E-state index in [1.165, 1.54) is 50.1 Å². The highest BCUT2D eigenvalue weighted by Gasteiger charge is 2.62. The number of Topliss-reactive ketones (excluding diaryl/α,β-unsaturated/α-hetero) is 1. The summed E-state index contributed by atoms with van der Waals surface area (Å²) in [6, 6.07) is 0. The molecule has 0 saturated heterocycles. The molecule has 0 aromatic heterocycles. The largest absolute Gasteiger partial charge is 0.388 e. The van der Waals surface area contributed by atoms with Gasteiger partial charge in [-0.05, 0) is 91.8 Å². The van der Waals surface area contributed by atoms with Gasteiger partial charge in [0, 0.05) is 13.0 Å². The van der Waals surface area contributed by atoms with Crippen molar-refractivity contribution >= 4 is 12.1 Å². The predicted molar refractivity (Wildman–Crippen MR) is 119 cm³/mol.